The van der Waals surface area contributed by atoms with E-state index in [1.54, 1.807) is 19.1 Å². The lowest BCUT2D eigenvalue weighted by atomic mass is 10.0. The van der Waals surface area contributed by atoms with E-state index in [4.69, 9.17) is 14.9 Å². The lowest BCUT2D eigenvalue weighted by Gasteiger charge is -2.11. The van der Waals surface area contributed by atoms with Gasteiger partial charge in [0.15, 0.2) is 0 Å². The molecule has 1 amide bonds. The summed E-state index contributed by atoms with van der Waals surface area (Å²) in [6.45, 7) is 2.02. The van der Waals surface area contributed by atoms with Gasteiger partial charge in [-0.25, -0.2) is 9.78 Å². The molecule has 190 valence electrons. The zero-order valence-corrected chi connectivity index (χ0v) is 21.9. The number of carbonyl (C=O) groups excluding carboxylic acids is 2. The number of thioether (sulfide) groups is 1. The molecule has 0 radical (unpaired) electrons. The monoisotopic (exact) mass is 535 g/mol. The van der Waals surface area contributed by atoms with Crippen molar-refractivity contribution in [3.63, 3.8) is 0 Å². The van der Waals surface area contributed by atoms with Gasteiger partial charge in [0.25, 0.3) is 0 Å². The normalized spacial score (nSPS) is 12.6. The number of hydrogen-bond donors (Lipinski definition) is 2. The number of furan rings is 1. The Balaban J connectivity index is 1.51. The van der Waals surface area contributed by atoms with Crippen molar-refractivity contribution in [2.24, 2.45) is 0 Å². The first-order chi connectivity index (χ1) is 18.0. The van der Waals surface area contributed by atoms with Crippen LogP contribution in [0.15, 0.2) is 27.8 Å². The van der Waals surface area contributed by atoms with Gasteiger partial charge in [0.2, 0.25) is 5.91 Å². The lowest BCUT2D eigenvalue weighted by molar-refractivity contribution is -0.115. The second kappa shape index (κ2) is 12.0. The molecule has 0 bridgehead atoms. The third-order valence-electron chi connectivity index (χ3n) is 5.90. The molecule has 0 unspecified atom stereocenters. The molecule has 3 aromatic heterocycles. The van der Waals surface area contributed by atoms with Crippen LogP contribution in [0, 0.1) is 22.7 Å². The number of fused-ring (bicyclic) bond motifs is 1. The highest BCUT2D eigenvalue weighted by Crippen LogP contribution is 2.39. The lowest BCUT2D eigenvalue weighted by Crippen LogP contribution is -2.15. The van der Waals surface area contributed by atoms with Crippen LogP contribution in [0.2, 0.25) is 0 Å². The Morgan fingerprint density at radius 1 is 1.24 bits per heavy atom. The van der Waals surface area contributed by atoms with Gasteiger partial charge in [0, 0.05) is 17.1 Å². The predicted octanol–water partition coefficient (Wildman–Crippen LogP) is 5.30. The fourth-order valence-corrected chi connectivity index (χ4v) is 6.48. The fourth-order valence-electron chi connectivity index (χ4n) is 4.25. The number of nitriles is 2. The fraction of sp³-hybridized carbons (Fsp3) is 0.346. The minimum atomic E-state index is -0.409. The van der Waals surface area contributed by atoms with E-state index in [0.29, 0.717) is 27.1 Å². The number of anilines is 2. The van der Waals surface area contributed by atoms with E-state index in [0.717, 1.165) is 42.5 Å². The van der Waals surface area contributed by atoms with Crippen LogP contribution in [-0.2, 0) is 22.4 Å². The van der Waals surface area contributed by atoms with Crippen LogP contribution in [0.1, 0.15) is 64.5 Å². The number of hydrogen-bond acceptors (Lipinski definition) is 10. The van der Waals surface area contributed by atoms with Crippen LogP contribution in [0.4, 0.5) is 10.8 Å². The molecule has 0 aliphatic heterocycles. The number of nitrogens with one attached hydrogen (secondary N) is 1. The molecular weight excluding hydrogens is 510 g/mol. The van der Waals surface area contributed by atoms with Gasteiger partial charge in [-0.15, -0.1) is 23.1 Å². The first-order valence-electron chi connectivity index (χ1n) is 11.9. The molecule has 0 saturated heterocycles. The minimum absolute atomic E-state index is 0.0148. The maximum absolute atomic E-state index is 12.9. The second-order valence-electron chi connectivity index (χ2n) is 8.26. The van der Waals surface area contributed by atoms with Gasteiger partial charge in [-0.1, -0.05) is 6.42 Å². The number of nitrogens with zero attached hydrogens (tertiary/aromatic N) is 3. The molecule has 0 fully saturated rings. The van der Waals surface area contributed by atoms with E-state index in [1.165, 1.54) is 29.4 Å². The maximum Gasteiger partial charge on any atom is 0.341 e. The van der Waals surface area contributed by atoms with E-state index in [9.17, 15) is 20.1 Å². The topological polar surface area (TPSA) is 155 Å². The third-order valence-corrected chi connectivity index (χ3v) is 8.09. The van der Waals surface area contributed by atoms with Crippen molar-refractivity contribution < 1.29 is 18.7 Å². The Bertz CT molecular complexity index is 1400. The first kappa shape index (κ1) is 26.3. The molecule has 3 heterocycles. The van der Waals surface area contributed by atoms with Gasteiger partial charge in [0.1, 0.15) is 39.3 Å². The van der Waals surface area contributed by atoms with Crippen LogP contribution in [-0.4, -0.2) is 29.2 Å². The number of pyridine rings is 1. The van der Waals surface area contributed by atoms with Gasteiger partial charge >= 0.3 is 5.97 Å². The number of esters is 1. The number of aryl methyl sites for hydroxylation is 1. The molecule has 0 aromatic carbocycles. The quantitative estimate of drug-likeness (QED) is 0.222. The standard InChI is InChI=1S/C26H25N5O4S2/c1-2-34-26(33)22-15-7-4-3-5-9-19(15)37-25(22)30-20(32)10-12-36-24-17(14-28)21(18-8-6-11-35-18)16(13-27)23(29)31-24/h6,8,11H,2-5,7,9-10,12H2,1H3,(H2,29,31)(H,30,32). The van der Waals surface area contributed by atoms with Crippen LogP contribution in [0.5, 0.6) is 0 Å². The molecule has 1 aliphatic carbocycles. The number of ether oxygens (including phenoxy) is 1. The summed E-state index contributed by atoms with van der Waals surface area (Å²) in [6.07, 6.45) is 6.41. The number of carbonyl (C=O) groups is 2. The molecule has 9 nitrogen and oxygen atoms in total. The van der Waals surface area contributed by atoms with Crippen molar-refractivity contribution in [2.45, 2.75) is 50.5 Å². The van der Waals surface area contributed by atoms with E-state index in [2.05, 4.69) is 16.4 Å². The Kier molecular flexibility index (Phi) is 8.49. The molecule has 4 rings (SSSR count). The number of thiophene rings is 1. The Morgan fingerprint density at radius 2 is 2.03 bits per heavy atom. The summed E-state index contributed by atoms with van der Waals surface area (Å²) < 4.78 is 10.7. The molecule has 3 N–H and O–H groups in total. The molecule has 0 spiro atoms. The van der Waals surface area contributed by atoms with Gasteiger partial charge in [-0.2, -0.15) is 10.5 Å². The predicted molar refractivity (Wildman–Crippen MR) is 141 cm³/mol. The summed E-state index contributed by atoms with van der Waals surface area (Å²) in [5.41, 5.74) is 7.99. The first-order valence-corrected chi connectivity index (χ1v) is 13.7. The van der Waals surface area contributed by atoms with Crippen molar-refractivity contribution in [1.29, 1.82) is 10.5 Å². The van der Waals surface area contributed by atoms with Crippen molar-refractivity contribution in [3.05, 3.63) is 45.5 Å². The van der Waals surface area contributed by atoms with Crippen molar-refractivity contribution in [1.82, 2.24) is 4.98 Å². The number of amides is 1. The summed E-state index contributed by atoms with van der Waals surface area (Å²) in [5.74, 6) is -0.0467. The van der Waals surface area contributed by atoms with E-state index >= 15 is 0 Å². The summed E-state index contributed by atoms with van der Waals surface area (Å²) in [7, 11) is 0. The molecule has 0 saturated carbocycles. The minimum Gasteiger partial charge on any atom is -0.464 e. The van der Waals surface area contributed by atoms with Gasteiger partial charge in [-0.05, 0) is 50.3 Å². The van der Waals surface area contributed by atoms with Crippen LogP contribution in [0.3, 0.4) is 0 Å². The van der Waals surface area contributed by atoms with Gasteiger partial charge in [-0.3, -0.25) is 4.79 Å². The van der Waals surface area contributed by atoms with Crippen LogP contribution < -0.4 is 11.1 Å². The third kappa shape index (κ3) is 5.63. The SMILES string of the molecule is CCOC(=O)c1c(NC(=O)CCSc2nc(N)c(C#N)c(-c3ccco3)c2C#N)sc2c1CCCCC2. The molecule has 3 aromatic rings. The number of nitrogens with two attached hydrogens (primary N) is 1. The van der Waals surface area contributed by atoms with Crippen LogP contribution >= 0.6 is 23.1 Å². The van der Waals surface area contributed by atoms with Gasteiger partial charge in [0.05, 0.1) is 29.6 Å². The van der Waals surface area contributed by atoms with Crippen molar-refractivity contribution in [3.8, 4) is 23.5 Å². The summed E-state index contributed by atoms with van der Waals surface area (Å²) >= 11 is 2.64. The zero-order valence-electron chi connectivity index (χ0n) is 20.3. The Labute approximate surface area is 222 Å². The molecular formula is C26H25N5O4S2. The second-order valence-corrected chi connectivity index (χ2v) is 10.5. The van der Waals surface area contributed by atoms with E-state index in [-0.39, 0.29) is 41.4 Å². The highest BCUT2D eigenvalue weighted by Gasteiger charge is 2.27. The smallest absolute Gasteiger partial charge is 0.341 e. The summed E-state index contributed by atoms with van der Waals surface area (Å²) in [5, 5.41) is 23.1. The Hall–Kier alpha value is -3.80. The summed E-state index contributed by atoms with van der Waals surface area (Å²) in [6, 6.07) is 7.39. The average molecular weight is 536 g/mol. The van der Waals surface area contributed by atoms with Crippen LogP contribution in [0.25, 0.3) is 11.3 Å². The van der Waals surface area contributed by atoms with Crippen molar-refractivity contribution in [2.75, 3.05) is 23.4 Å². The summed E-state index contributed by atoms with van der Waals surface area (Å²) in [4.78, 5) is 30.9. The number of nitrogen functional groups attached to an aromatic ring is 1. The number of rotatable bonds is 8. The highest BCUT2D eigenvalue weighted by atomic mass is 32.2. The molecule has 11 heteroatoms. The molecule has 1 aliphatic rings. The highest BCUT2D eigenvalue weighted by molar-refractivity contribution is 7.99. The molecule has 37 heavy (non-hydrogen) atoms. The molecule has 0 atom stereocenters. The largest absolute Gasteiger partial charge is 0.464 e. The zero-order chi connectivity index (χ0) is 26.4. The Morgan fingerprint density at radius 3 is 2.73 bits per heavy atom. The van der Waals surface area contributed by atoms with Gasteiger partial charge < -0.3 is 20.2 Å². The maximum atomic E-state index is 12.9. The van der Waals surface area contributed by atoms with E-state index in [1.807, 2.05) is 6.07 Å². The average Bonchev–Trinajstić information content (AvgIpc) is 3.46. The van der Waals surface area contributed by atoms with Crippen molar-refractivity contribution >= 4 is 45.8 Å². The van der Waals surface area contributed by atoms with E-state index < -0.39 is 5.97 Å². The number of aromatic nitrogens is 1.